The lowest BCUT2D eigenvalue weighted by Crippen LogP contribution is -2.49. The van der Waals surface area contributed by atoms with Crippen LogP contribution in [-0.4, -0.2) is 53.3 Å². The zero-order valence-corrected chi connectivity index (χ0v) is 14.7. The van der Waals surface area contributed by atoms with Crippen LogP contribution in [-0.2, 0) is 11.8 Å². The van der Waals surface area contributed by atoms with Crippen molar-refractivity contribution in [3.05, 3.63) is 24.3 Å². The second kappa shape index (κ2) is 5.98. The van der Waals surface area contributed by atoms with Gasteiger partial charge in [-0.2, -0.15) is 0 Å². The predicted molar refractivity (Wildman–Crippen MR) is 96.9 cm³/mol. The van der Waals surface area contributed by atoms with Crippen LogP contribution in [0.2, 0.25) is 0 Å². The lowest BCUT2D eigenvalue weighted by Gasteiger charge is -2.34. The number of rotatable bonds is 2. The van der Waals surface area contributed by atoms with Gasteiger partial charge in [0.2, 0.25) is 5.95 Å². The van der Waals surface area contributed by atoms with E-state index in [2.05, 4.69) is 40.8 Å². The van der Waals surface area contributed by atoms with Gasteiger partial charge in [0.25, 0.3) is 0 Å². The number of fused-ring (bicyclic) bond motifs is 3. The second-order valence-electron chi connectivity index (χ2n) is 5.90. The number of hydrogen-bond acceptors (Lipinski definition) is 5. The standard InChI is InChI=1S/C17H20N4O2S/c1-3-23-17(22)21-10-8-20(9-11-21)16-18-15-14(19(16)2)12-6-4-5-7-13(12)24-15/h4-7H,3,8-11H2,1-2H3. The molecule has 1 fully saturated rings. The fraction of sp³-hybridized carbons (Fsp3) is 0.412. The second-order valence-corrected chi connectivity index (χ2v) is 6.93. The van der Waals surface area contributed by atoms with Crippen molar-refractivity contribution in [3.8, 4) is 0 Å². The smallest absolute Gasteiger partial charge is 0.409 e. The summed E-state index contributed by atoms with van der Waals surface area (Å²) in [5.74, 6) is 0.977. The third kappa shape index (κ3) is 2.39. The van der Waals surface area contributed by atoms with Crippen LogP contribution in [0.25, 0.3) is 20.4 Å². The van der Waals surface area contributed by atoms with E-state index in [9.17, 15) is 4.79 Å². The monoisotopic (exact) mass is 344 g/mol. The number of hydrogen-bond donors (Lipinski definition) is 0. The minimum atomic E-state index is -0.219. The van der Waals surface area contributed by atoms with E-state index in [0.717, 1.165) is 23.9 Å². The predicted octanol–water partition coefficient (Wildman–Crippen LogP) is 3.07. The van der Waals surface area contributed by atoms with E-state index < -0.39 is 0 Å². The zero-order valence-electron chi connectivity index (χ0n) is 13.9. The van der Waals surface area contributed by atoms with Crippen LogP contribution in [0.3, 0.4) is 0 Å². The number of carbonyl (C=O) groups excluding carboxylic acids is 1. The summed E-state index contributed by atoms with van der Waals surface area (Å²) >= 11 is 1.73. The molecule has 1 saturated heterocycles. The molecule has 1 amide bonds. The Kier molecular flexibility index (Phi) is 3.80. The number of thiophene rings is 1. The molecule has 0 unspecified atom stereocenters. The first kappa shape index (κ1) is 15.3. The summed E-state index contributed by atoms with van der Waals surface area (Å²) in [7, 11) is 2.07. The number of amides is 1. The maximum Gasteiger partial charge on any atom is 0.409 e. The van der Waals surface area contributed by atoms with Gasteiger partial charge in [0.05, 0.1) is 12.1 Å². The molecule has 0 atom stereocenters. The van der Waals surface area contributed by atoms with Crippen LogP contribution in [0.1, 0.15) is 6.92 Å². The van der Waals surface area contributed by atoms with Crippen LogP contribution in [0.5, 0.6) is 0 Å². The van der Waals surface area contributed by atoms with E-state index in [1.807, 2.05) is 6.92 Å². The Balaban J connectivity index is 1.59. The zero-order chi connectivity index (χ0) is 16.7. The SMILES string of the molecule is CCOC(=O)N1CCN(c2nc3sc4ccccc4c3n2C)CC1. The summed E-state index contributed by atoms with van der Waals surface area (Å²) in [5, 5.41) is 1.25. The topological polar surface area (TPSA) is 50.6 Å². The Morgan fingerprint density at radius 1 is 1.25 bits per heavy atom. The number of ether oxygens (including phenoxy) is 1. The van der Waals surface area contributed by atoms with E-state index >= 15 is 0 Å². The molecule has 0 aliphatic carbocycles. The summed E-state index contributed by atoms with van der Waals surface area (Å²) in [6, 6.07) is 8.42. The maximum atomic E-state index is 11.8. The Morgan fingerprint density at radius 3 is 2.75 bits per heavy atom. The Hall–Kier alpha value is -2.28. The summed E-state index contributed by atoms with van der Waals surface area (Å²) < 4.78 is 8.52. The number of anilines is 1. The highest BCUT2D eigenvalue weighted by atomic mass is 32.1. The molecule has 1 aliphatic rings. The molecule has 0 N–H and O–H groups in total. The molecule has 3 aromatic rings. The number of benzene rings is 1. The van der Waals surface area contributed by atoms with Gasteiger partial charge in [-0.3, -0.25) is 0 Å². The highest BCUT2D eigenvalue weighted by Gasteiger charge is 2.25. The van der Waals surface area contributed by atoms with E-state index in [1.165, 1.54) is 15.6 Å². The molecule has 0 bridgehead atoms. The van der Waals surface area contributed by atoms with Crippen molar-refractivity contribution in [2.24, 2.45) is 7.05 Å². The van der Waals surface area contributed by atoms with Gasteiger partial charge in [-0.15, -0.1) is 11.3 Å². The fourth-order valence-electron chi connectivity index (χ4n) is 3.27. The Bertz CT molecular complexity index is 893. The molecule has 6 nitrogen and oxygen atoms in total. The summed E-state index contributed by atoms with van der Waals surface area (Å²) in [4.78, 5) is 21.8. The van der Waals surface area contributed by atoms with Crippen molar-refractivity contribution < 1.29 is 9.53 Å². The summed E-state index contributed by atoms with van der Waals surface area (Å²) in [5.41, 5.74) is 1.19. The van der Waals surface area contributed by atoms with Gasteiger partial charge >= 0.3 is 6.09 Å². The van der Waals surface area contributed by atoms with Crippen molar-refractivity contribution in [1.82, 2.24) is 14.5 Å². The Morgan fingerprint density at radius 2 is 2.00 bits per heavy atom. The first-order chi connectivity index (χ1) is 11.7. The fourth-order valence-corrected chi connectivity index (χ4v) is 4.37. The molecule has 1 aliphatic heterocycles. The molecule has 0 saturated carbocycles. The van der Waals surface area contributed by atoms with E-state index in [0.29, 0.717) is 19.7 Å². The first-order valence-electron chi connectivity index (χ1n) is 8.19. The number of nitrogens with zero attached hydrogens (tertiary/aromatic N) is 4. The molecule has 3 heterocycles. The van der Waals surface area contributed by atoms with Gasteiger partial charge in [0.15, 0.2) is 0 Å². The van der Waals surface area contributed by atoms with Crippen LogP contribution in [0.15, 0.2) is 24.3 Å². The molecule has 7 heteroatoms. The molecular weight excluding hydrogens is 324 g/mol. The minimum Gasteiger partial charge on any atom is -0.450 e. The number of piperazine rings is 1. The molecular formula is C17H20N4O2S. The molecule has 0 spiro atoms. The van der Waals surface area contributed by atoms with Gasteiger partial charge < -0.3 is 19.1 Å². The van der Waals surface area contributed by atoms with Gasteiger partial charge in [0.1, 0.15) is 4.83 Å². The van der Waals surface area contributed by atoms with Crippen molar-refractivity contribution in [3.63, 3.8) is 0 Å². The van der Waals surface area contributed by atoms with Crippen LogP contribution >= 0.6 is 11.3 Å². The molecule has 1 aromatic carbocycles. The van der Waals surface area contributed by atoms with Crippen molar-refractivity contribution >= 4 is 43.8 Å². The third-order valence-electron chi connectivity index (χ3n) is 4.48. The summed E-state index contributed by atoms with van der Waals surface area (Å²) in [6.07, 6.45) is -0.219. The molecule has 0 radical (unpaired) electrons. The molecule has 126 valence electrons. The number of aromatic nitrogens is 2. The van der Waals surface area contributed by atoms with E-state index in [4.69, 9.17) is 9.72 Å². The normalized spacial score (nSPS) is 15.4. The van der Waals surface area contributed by atoms with Gasteiger partial charge in [0, 0.05) is 43.3 Å². The number of carbonyl (C=O) groups is 1. The van der Waals surface area contributed by atoms with Crippen molar-refractivity contribution in [2.75, 3.05) is 37.7 Å². The largest absolute Gasteiger partial charge is 0.450 e. The number of aryl methyl sites for hydroxylation is 1. The lowest BCUT2D eigenvalue weighted by atomic mass is 10.2. The van der Waals surface area contributed by atoms with Gasteiger partial charge in [-0.05, 0) is 13.0 Å². The average Bonchev–Trinajstić information content (AvgIpc) is 3.12. The quantitative estimate of drug-likeness (QED) is 0.717. The van der Waals surface area contributed by atoms with Gasteiger partial charge in [-0.1, -0.05) is 18.2 Å². The van der Waals surface area contributed by atoms with E-state index in [1.54, 1.807) is 16.2 Å². The minimum absolute atomic E-state index is 0.219. The average molecular weight is 344 g/mol. The maximum absolute atomic E-state index is 11.8. The van der Waals surface area contributed by atoms with E-state index in [-0.39, 0.29) is 6.09 Å². The lowest BCUT2D eigenvalue weighted by molar-refractivity contribution is 0.105. The Labute approximate surface area is 144 Å². The van der Waals surface area contributed by atoms with Gasteiger partial charge in [-0.25, -0.2) is 9.78 Å². The van der Waals surface area contributed by atoms with Crippen molar-refractivity contribution in [2.45, 2.75) is 6.92 Å². The van der Waals surface area contributed by atoms with Crippen molar-refractivity contribution in [1.29, 1.82) is 0 Å². The molecule has 4 rings (SSSR count). The van der Waals surface area contributed by atoms with Crippen LogP contribution in [0.4, 0.5) is 10.7 Å². The summed E-state index contributed by atoms with van der Waals surface area (Å²) in [6.45, 7) is 5.13. The van der Waals surface area contributed by atoms with Crippen LogP contribution < -0.4 is 4.90 Å². The first-order valence-corrected chi connectivity index (χ1v) is 9.01. The highest BCUT2D eigenvalue weighted by Crippen LogP contribution is 2.35. The molecule has 24 heavy (non-hydrogen) atoms. The third-order valence-corrected chi connectivity index (χ3v) is 5.53. The number of imidazole rings is 1. The highest BCUT2D eigenvalue weighted by molar-refractivity contribution is 7.25. The van der Waals surface area contributed by atoms with Crippen LogP contribution in [0, 0.1) is 0 Å². The molecule has 2 aromatic heterocycles.